The molecule has 73 heavy (non-hydrogen) atoms. The highest BCUT2D eigenvalue weighted by molar-refractivity contribution is 5.00. The minimum Gasteiger partial charge on any atom is -0.394 e. The van der Waals surface area contributed by atoms with Crippen LogP contribution in [0.4, 0.5) is 0 Å². The maximum absolute atomic E-state index is 11.9. The van der Waals surface area contributed by atoms with Gasteiger partial charge in [-0.25, -0.2) is 0 Å². The number of rotatable bonds is 22. The van der Waals surface area contributed by atoms with E-state index in [1.807, 2.05) is 0 Å². The third-order valence-electron chi connectivity index (χ3n) is 13.5. The molecule has 6 rings (SSSR count). The van der Waals surface area contributed by atoms with Gasteiger partial charge in [0.25, 0.3) is 0 Å². The summed E-state index contributed by atoms with van der Waals surface area (Å²) in [6, 6.07) is 0. The normalized spacial score (nSPS) is 49.9. The lowest BCUT2D eigenvalue weighted by Crippen LogP contribution is -2.69. The molecule has 426 valence electrons. The van der Waals surface area contributed by atoms with Crippen molar-refractivity contribution in [1.82, 2.24) is 0 Å². The van der Waals surface area contributed by atoms with E-state index in [2.05, 4.69) is 6.58 Å². The monoisotopic (exact) mass is 1070 g/mol. The van der Waals surface area contributed by atoms with Gasteiger partial charge in [-0.2, -0.15) is 0 Å². The van der Waals surface area contributed by atoms with Crippen LogP contribution in [0, 0.1) is 0 Å². The Morgan fingerprint density at radius 3 is 0.959 bits per heavy atom. The molecule has 6 heterocycles. The molecule has 0 aromatic rings. The highest BCUT2D eigenvalue weighted by Crippen LogP contribution is 2.38. The van der Waals surface area contributed by atoms with Crippen LogP contribution in [-0.2, 0) is 56.8 Å². The van der Waals surface area contributed by atoms with Crippen molar-refractivity contribution >= 4 is 0 Å². The van der Waals surface area contributed by atoms with E-state index in [-0.39, 0.29) is 6.61 Å². The first-order chi connectivity index (χ1) is 34.8. The number of unbranched alkanes of at least 4 members (excludes halogenated alkanes) is 2. The summed E-state index contributed by atoms with van der Waals surface area (Å²) in [5, 5.41) is 204. The average molecular weight is 1070 g/mol. The topological polar surface area (TPSA) is 495 Å². The van der Waals surface area contributed by atoms with Crippen LogP contribution in [0.15, 0.2) is 12.7 Å². The van der Waals surface area contributed by atoms with E-state index in [0.29, 0.717) is 19.3 Å². The summed E-state index contributed by atoms with van der Waals surface area (Å²) in [5.41, 5.74) is 0. The van der Waals surface area contributed by atoms with Crippen molar-refractivity contribution < 1.29 is 154 Å². The fourth-order valence-corrected chi connectivity index (χ4v) is 9.14. The molecule has 31 heteroatoms. The molecule has 6 fully saturated rings. The molecule has 0 spiro atoms. The number of ether oxygens (including phenoxy) is 12. The average Bonchev–Trinajstić information content (AvgIpc) is 3.38. The quantitative estimate of drug-likeness (QED) is 0.0354. The molecular formula is C42H72O31. The third-order valence-corrected chi connectivity index (χ3v) is 13.5. The molecule has 0 amide bonds. The van der Waals surface area contributed by atoms with Crippen molar-refractivity contribution in [3.05, 3.63) is 12.7 Å². The maximum atomic E-state index is 11.9. The molecule has 6 saturated heterocycles. The predicted molar refractivity (Wildman–Crippen MR) is 227 cm³/mol. The van der Waals surface area contributed by atoms with Crippen LogP contribution in [0.3, 0.4) is 0 Å². The van der Waals surface area contributed by atoms with Gasteiger partial charge in [0.1, 0.15) is 146 Å². The van der Waals surface area contributed by atoms with Gasteiger partial charge >= 0.3 is 0 Å². The fourth-order valence-electron chi connectivity index (χ4n) is 9.14. The van der Waals surface area contributed by atoms with E-state index < -0.39 is 224 Å². The summed E-state index contributed by atoms with van der Waals surface area (Å²) >= 11 is 0. The maximum Gasteiger partial charge on any atom is 0.187 e. The molecule has 19 N–H and O–H groups in total. The van der Waals surface area contributed by atoms with Crippen LogP contribution >= 0.6 is 0 Å². The van der Waals surface area contributed by atoms with Gasteiger partial charge in [0.2, 0.25) is 0 Å². The minimum atomic E-state index is -2.30. The number of allylic oxidation sites excluding steroid dienone is 1. The molecule has 0 aliphatic carbocycles. The molecule has 0 saturated carbocycles. The first-order valence-corrected chi connectivity index (χ1v) is 23.7. The highest BCUT2D eigenvalue weighted by Gasteiger charge is 2.58. The Hall–Kier alpha value is -1.50. The molecule has 0 bridgehead atoms. The molecular weight excluding hydrogens is 1000 g/mol. The minimum absolute atomic E-state index is 0.00382. The van der Waals surface area contributed by atoms with Crippen LogP contribution in [-0.4, -0.2) is 328 Å². The SMILES string of the molecule is C=CCCCCO[C@H]1OC(CO)[C@@H](O)[C@H](O)C1O[C@H]1OC(CO)[C@@H](O)[C@H](O)C1O[C@@H]1OC(CO)[C@@H](O)[C@H](O[C@H]2OC(CO)[C@@H](O)[C@H](O)C2O[C@H]2OC(CO)[C@@H](O)[C@H](O)C2O[C@@H]2OC(CO)[C@@H](O)[C@H](O)C2O)C1O. The van der Waals surface area contributed by atoms with Crippen molar-refractivity contribution in [2.75, 3.05) is 46.2 Å². The van der Waals surface area contributed by atoms with Gasteiger partial charge in [-0.15, -0.1) is 6.58 Å². The lowest BCUT2D eigenvalue weighted by molar-refractivity contribution is -0.412. The van der Waals surface area contributed by atoms with Crippen molar-refractivity contribution in [1.29, 1.82) is 0 Å². The molecule has 0 radical (unpaired) electrons. The van der Waals surface area contributed by atoms with Crippen LogP contribution < -0.4 is 0 Å². The summed E-state index contributed by atoms with van der Waals surface area (Å²) in [6.07, 6.45) is -54.9. The van der Waals surface area contributed by atoms with Crippen LogP contribution in [0.25, 0.3) is 0 Å². The van der Waals surface area contributed by atoms with Crippen LogP contribution in [0.5, 0.6) is 0 Å². The lowest BCUT2D eigenvalue weighted by atomic mass is 9.95. The predicted octanol–water partition coefficient (Wildman–Crippen LogP) is -11.7. The third kappa shape index (κ3) is 13.3. The number of aliphatic hydroxyl groups is 19. The van der Waals surface area contributed by atoms with E-state index in [1.165, 1.54) is 0 Å². The van der Waals surface area contributed by atoms with Gasteiger partial charge in [-0.3, -0.25) is 0 Å². The Labute approximate surface area is 415 Å². The molecule has 6 aliphatic heterocycles. The second kappa shape index (κ2) is 27.4. The van der Waals surface area contributed by atoms with Crippen molar-refractivity contribution in [3.63, 3.8) is 0 Å². The Bertz CT molecular complexity index is 1640. The van der Waals surface area contributed by atoms with Crippen LogP contribution in [0.1, 0.15) is 19.3 Å². The van der Waals surface area contributed by atoms with E-state index in [9.17, 15) is 97.0 Å². The first-order valence-electron chi connectivity index (χ1n) is 23.7. The Kier molecular flexibility index (Phi) is 22.8. The Morgan fingerprint density at radius 1 is 0.301 bits per heavy atom. The number of hydrogen-bond donors (Lipinski definition) is 19. The highest BCUT2D eigenvalue weighted by atomic mass is 16.8. The molecule has 0 aromatic heterocycles. The van der Waals surface area contributed by atoms with Gasteiger partial charge in [-0.05, 0) is 19.3 Å². The number of aliphatic hydroxyl groups excluding tert-OH is 19. The largest absolute Gasteiger partial charge is 0.394 e. The summed E-state index contributed by atoms with van der Waals surface area (Å²) < 4.78 is 69.2. The second-order valence-electron chi connectivity index (χ2n) is 18.4. The van der Waals surface area contributed by atoms with Crippen LogP contribution in [0.2, 0.25) is 0 Å². The zero-order valence-corrected chi connectivity index (χ0v) is 39.1. The Morgan fingerprint density at radius 2 is 0.589 bits per heavy atom. The number of hydrogen-bond acceptors (Lipinski definition) is 31. The first kappa shape index (κ1) is 60.7. The summed E-state index contributed by atoms with van der Waals surface area (Å²) in [5.74, 6) is 0. The van der Waals surface area contributed by atoms with Gasteiger partial charge in [0, 0.05) is 6.61 Å². The summed E-state index contributed by atoms with van der Waals surface area (Å²) in [4.78, 5) is 0. The zero-order chi connectivity index (χ0) is 53.6. The summed E-state index contributed by atoms with van der Waals surface area (Å²) in [7, 11) is 0. The molecule has 0 aromatic carbocycles. The van der Waals surface area contributed by atoms with E-state index >= 15 is 0 Å². The Balaban J connectivity index is 1.27. The zero-order valence-electron chi connectivity index (χ0n) is 39.1. The molecule has 6 aliphatic rings. The molecule has 30 atom stereocenters. The van der Waals surface area contributed by atoms with Crippen molar-refractivity contribution in [3.8, 4) is 0 Å². The summed E-state index contributed by atoms with van der Waals surface area (Å²) in [6.45, 7) is -2.04. The van der Waals surface area contributed by atoms with Crippen molar-refractivity contribution in [2.45, 2.75) is 203 Å². The van der Waals surface area contributed by atoms with Crippen molar-refractivity contribution in [2.24, 2.45) is 0 Å². The lowest BCUT2D eigenvalue weighted by Gasteiger charge is -2.50. The van der Waals surface area contributed by atoms with E-state index in [4.69, 9.17) is 56.8 Å². The smallest absolute Gasteiger partial charge is 0.187 e. The van der Waals surface area contributed by atoms with Gasteiger partial charge in [0.15, 0.2) is 37.7 Å². The van der Waals surface area contributed by atoms with Gasteiger partial charge in [-0.1, -0.05) is 6.08 Å². The van der Waals surface area contributed by atoms with E-state index in [0.717, 1.165) is 0 Å². The van der Waals surface area contributed by atoms with Gasteiger partial charge in [0.05, 0.1) is 39.6 Å². The van der Waals surface area contributed by atoms with E-state index in [1.54, 1.807) is 6.08 Å². The van der Waals surface area contributed by atoms with Gasteiger partial charge < -0.3 is 154 Å². The molecule has 12 unspecified atom stereocenters. The second-order valence-corrected chi connectivity index (χ2v) is 18.4. The standard InChI is InChI=1S/C42H72O31/c1-2-3-4-5-6-62-39-33(26(56)20(50)14(8-44)65-39)72-41-35(28(58)22(52)16(10-46)67-41)71-38-31(61)32(24(54)18(12-48)64-38)69-40-36(29(59)23(53)15(9-45)66-40)73-42-34(27(57)21(51)17(11-47)68-42)70-37-30(60)25(55)19(49)13(7-43)63-37/h2,13-61H,1,3-12H2/t13?,14?,15?,16?,17?,18?,19-,20-,21-,22-,23-,24-,25+,26+,27+,28+,29+,30?,31?,32+,33?,34?,35?,36?,37+,38+,39+,40-,41-,42-/m1/s1. The fraction of sp³-hybridized carbons (Fsp3) is 0.952. The molecule has 31 nitrogen and oxygen atoms in total.